The minimum absolute atomic E-state index is 0.0487. The second kappa shape index (κ2) is 10.5. The normalized spacial score (nSPS) is 10.7. The average molecular weight is 340 g/mol. The standard InChI is InChI=1S/C21H28N2O2/c1-17(2)12-14-25-20-10-6-9-19(15-20)23-21(24)16-22-13-11-18-7-4-3-5-8-18/h3-10,15,17,22H,11-14,16H2,1-2H3,(H,23,24). The van der Waals surface area contributed by atoms with Crippen LogP contribution in [0.2, 0.25) is 0 Å². The summed E-state index contributed by atoms with van der Waals surface area (Å²) in [6.45, 7) is 6.10. The fourth-order valence-corrected chi connectivity index (χ4v) is 2.36. The summed E-state index contributed by atoms with van der Waals surface area (Å²) in [5, 5.41) is 6.07. The lowest BCUT2D eigenvalue weighted by atomic mass is 10.1. The van der Waals surface area contributed by atoms with Crippen molar-refractivity contribution in [3.8, 4) is 5.75 Å². The van der Waals surface area contributed by atoms with Crippen LogP contribution in [0.1, 0.15) is 25.8 Å². The maximum absolute atomic E-state index is 12.0. The smallest absolute Gasteiger partial charge is 0.238 e. The number of anilines is 1. The number of carbonyl (C=O) groups is 1. The van der Waals surface area contributed by atoms with Crippen molar-refractivity contribution in [2.45, 2.75) is 26.7 Å². The molecular formula is C21H28N2O2. The SMILES string of the molecule is CC(C)CCOc1cccc(NC(=O)CNCCc2ccccc2)c1. The van der Waals surface area contributed by atoms with Crippen LogP contribution >= 0.6 is 0 Å². The maximum atomic E-state index is 12.0. The number of rotatable bonds is 10. The molecule has 0 aliphatic heterocycles. The second-order valence-corrected chi connectivity index (χ2v) is 6.52. The van der Waals surface area contributed by atoms with Gasteiger partial charge in [-0.3, -0.25) is 4.79 Å². The van der Waals surface area contributed by atoms with E-state index >= 15 is 0 Å². The molecule has 2 N–H and O–H groups in total. The molecule has 0 heterocycles. The summed E-state index contributed by atoms with van der Waals surface area (Å²) in [4.78, 5) is 12.0. The molecule has 0 aliphatic rings. The van der Waals surface area contributed by atoms with Crippen molar-refractivity contribution < 1.29 is 9.53 Å². The first-order valence-corrected chi connectivity index (χ1v) is 8.91. The zero-order chi connectivity index (χ0) is 17.9. The number of nitrogens with one attached hydrogen (secondary N) is 2. The second-order valence-electron chi connectivity index (χ2n) is 6.52. The molecule has 134 valence electrons. The highest BCUT2D eigenvalue weighted by molar-refractivity contribution is 5.92. The van der Waals surface area contributed by atoms with Gasteiger partial charge in [0.1, 0.15) is 5.75 Å². The largest absolute Gasteiger partial charge is 0.494 e. The first-order chi connectivity index (χ1) is 12.1. The molecule has 4 heteroatoms. The molecule has 2 aromatic rings. The predicted octanol–water partition coefficient (Wildman–Crippen LogP) is 3.88. The summed E-state index contributed by atoms with van der Waals surface area (Å²) in [6, 6.07) is 17.8. The number of amides is 1. The van der Waals surface area contributed by atoms with Gasteiger partial charge in [-0.05, 0) is 43.0 Å². The van der Waals surface area contributed by atoms with E-state index in [9.17, 15) is 4.79 Å². The Morgan fingerprint density at radius 3 is 2.64 bits per heavy atom. The predicted molar refractivity (Wildman–Crippen MR) is 103 cm³/mol. The van der Waals surface area contributed by atoms with Crippen LogP contribution in [0.25, 0.3) is 0 Å². The average Bonchev–Trinajstić information content (AvgIpc) is 2.60. The molecule has 0 saturated carbocycles. The zero-order valence-corrected chi connectivity index (χ0v) is 15.1. The van der Waals surface area contributed by atoms with Crippen LogP contribution in [0.4, 0.5) is 5.69 Å². The van der Waals surface area contributed by atoms with Crippen LogP contribution in [0.5, 0.6) is 5.75 Å². The summed E-state index contributed by atoms with van der Waals surface area (Å²) >= 11 is 0. The summed E-state index contributed by atoms with van der Waals surface area (Å²) < 4.78 is 5.72. The Kier molecular flexibility index (Phi) is 7.99. The first kappa shape index (κ1) is 19.0. The molecule has 0 radical (unpaired) electrons. The molecule has 0 bridgehead atoms. The fourth-order valence-electron chi connectivity index (χ4n) is 2.36. The Labute approximate surface area is 150 Å². The van der Waals surface area contributed by atoms with E-state index in [0.717, 1.165) is 30.8 Å². The Hall–Kier alpha value is -2.33. The Balaban J connectivity index is 1.69. The third-order valence-electron chi connectivity index (χ3n) is 3.80. The number of benzene rings is 2. The van der Waals surface area contributed by atoms with E-state index in [4.69, 9.17) is 4.74 Å². The van der Waals surface area contributed by atoms with Gasteiger partial charge in [-0.1, -0.05) is 50.2 Å². The molecule has 0 unspecified atom stereocenters. The molecule has 1 amide bonds. The highest BCUT2D eigenvalue weighted by atomic mass is 16.5. The van der Waals surface area contributed by atoms with Gasteiger partial charge < -0.3 is 15.4 Å². The topological polar surface area (TPSA) is 50.4 Å². The Morgan fingerprint density at radius 2 is 1.88 bits per heavy atom. The van der Waals surface area contributed by atoms with Crippen LogP contribution in [0.15, 0.2) is 54.6 Å². The van der Waals surface area contributed by atoms with Crippen LogP contribution in [-0.4, -0.2) is 25.6 Å². The van der Waals surface area contributed by atoms with Crippen LogP contribution in [0.3, 0.4) is 0 Å². The van der Waals surface area contributed by atoms with Gasteiger partial charge >= 0.3 is 0 Å². The van der Waals surface area contributed by atoms with E-state index in [1.807, 2.05) is 42.5 Å². The highest BCUT2D eigenvalue weighted by Crippen LogP contribution is 2.17. The van der Waals surface area contributed by atoms with Gasteiger partial charge in [0.25, 0.3) is 0 Å². The van der Waals surface area contributed by atoms with Crippen molar-refractivity contribution in [2.24, 2.45) is 5.92 Å². The molecule has 0 atom stereocenters. The summed E-state index contributed by atoms with van der Waals surface area (Å²) in [6.07, 6.45) is 1.93. The van der Waals surface area contributed by atoms with Crippen molar-refractivity contribution in [1.29, 1.82) is 0 Å². The lowest BCUT2D eigenvalue weighted by Gasteiger charge is -2.10. The third-order valence-corrected chi connectivity index (χ3v) is 3.80. The molecular weight excluding hydrogens is 312 g/mol. The van der Waals surface area contributed by atoms with Gasteiger partial charge in [0.05, 0.1) is 13.2 Å². The molecule has 25 heavy (non-hydrogen) atoms. The zero-order valence-electron chi connectivity index (χ0n) is 15.1. The molecule has 0 fully saturated rings. The molecule has 0 aromatic heterocycles. The van der Waals surface area contributed by atoms with Gasteiger partial charge in [0.2, 0.25) is 5.91 Å². The monoisotopic (exact) mass is 340 g/mol. The van der Waals surface area contributed by atoms with E-state index in [1.165, 1.54) is 5.56 Å². The molecule has 0 spiro atoms. The van der Waals surface area contributed by atoms with Gasteiger partial charge in [-0.25, -0.2) is 0 Å². The Bertz CT molecular complexity index is 641. The molecule has 0 aliphatic carbocycles. The van der Waals surface area contributed by atoms with Gasteiger partial charge in [0.15, 0.2) is 0 Å². The van der Waals surface area contributed by atoms with Crippen molar-refractivity contribution in [2.75, 3.05) is 25.0 Å². The number of carbonyl (C=O) groups excluding carboxylic acids is 1. The van der Waals surface area contributed by atoms with E-state index in [2.05, 4.69) is 36.6 Å². The lowest BCUT2D eigenvalue weighted by Crippen LogP contribution is -2.29. The van der Waals surface area contributed by atoms with E-state index in [1.54, 1.807) is 0 Å². The molecule has 2 rings (SSSR count). The minimum Gasteiger partial charge on any atom is -0.494 e. The summed E-state index contributed by atoms with van der Waals surface area (Å²) in [5.41, 5.74) is 2.03. The van der Waals surface area contributed by atoms with Gasteiger partial charge in [-0.2, -0.15) is 0 Å². The van der Waals surface area contributed by atoms with Crippen molar-refractivity contribution in [3.63, 3.8) is 0 Å². The summed E-state index contributed by atoms with van der Waals surface area (Å²) in [5.74, 6) is 1.35. The number of hydrogen-bond donors (Lipinski definition) is 2. The van der Waals surface area contributed by atoms with Crippen LogP contribution in [0, 0.1) is 5.92 Å². The number of ether oxygens (including phenoxy) is 1. The highest BCUT2D eigenvalue weighted by Gasteiger charge is 2.04. The number of hydrogen-bond acceptors (Lipinski definition) is 3. The molecule has 4 nitrogen and oxygen atoms in total. The van der Waals surface area contributed by atoms with Crippen molar-refractivity contribution in [1.82, 2.24) is 5.32 Å². The maximum Gasteiger partial charge on any atom is 0.238 e. The van der Waals surface area contributed by atoms with Gasteiger partial charge in [-0.15, -0.1) is 0 Å². The van der Waals surface area contributed by atoms with Crippen LogP contribution < -0.4 is 15.4 Å². The lowest BCUT2D eigenvalue weighted by molar-refractivity contribution is -0.115. The molecule has 2 aromatic carbocycles. The van der Waals surface area contributed by atoms with Crippen molar-refractivity contribution in [3.05, 3.63) is 60.2 Å². The quantitative estimate of drug-likeness (QED) is 0.645. The summed E-state index contributed by atoms with van der Waals surface area (Å²) in [7, 11) is 0. The van der Waals surface area contributed by atoms with E-state index in [0.29, 0.717) is 19.1 Å². The Morgan fingerprint density at radius 1 is 1.08 bits per heavy atom. The van der Waals surface area contributed by atoms with Gasteiger partial charge in [0, 0.05) is 11.8 Å². The minimum atomic E-state index is -0.0487. The van der Waals surface area contributed by atoms with E-state index < -0.39 is 0 Å². The first-order valence-electron chi connectivity index (χ1n) is 8.91. The van der Waals surface area contributed by atoms with Crippen LogP contribution in [-0.2, 0) is 11.2 Å². The van der Waals surface area contributed by atoms with E-state index in [-0.39, 0.29) is 5.91 Å². The fraction of sp³-hybridized carbons (Fsp3) is 0.381. The van der Waals surface area contributed by atoms with Crippen molar-refractivity contribution >= 4 is 11.6 Å². The third kappa shape index (κ3) is 7.86. The molecule has 0 saturated heterocycles.